The van der Waals surface area contributed by atoms with E-state index in [0.717, 1.165) is 24.0 Å². The third-order valence-electron chi connectivity index (χ3n) is 3.29. The Hall–Kier alpha value is -0.900. The Kier molecular flexibility index (Phi) is 3.87. The molecule has 1 aliphatic rings. The molecule has 0 radical (unpaired) electrons. The van der Waals surface area contributed by atoms with E-state index in [0.29, 0.717) is 0 Å². The van der Waals surface area contributed by atoms with Crippen LogP contribution in [0.4, 0.5) is 0 Å². The van der Waals surface area contributed by atoms with Crippen molar-refractivity contribution in [1.29, 1.82) is 0 Å². The van der Waals surface area contributed by atoms with E-state index in [2.05, 4.69) is 29.5 Å². The number of halogens is 1. The van der Waals surface area contributed by atoms with E-state index in [4.69, 9.17) is 16.6 Å². The first kappa shape index (κ1) is 13.1. The SMILES string of the molecule is CN(Cc1ccc(Cl)cc1)Cc1csc(C2CC2)n1. The molecule has 1 aromatic heterocycles. The molecule has 1 fully saturated rings. The van der Waals surface area contributed by atoms with Gasteiger partial charge in [0.2, 0.25) is 0 Å². The number of thiazole rings is 1. The highest BCUT2D eigenvalue weighted by Gasteiger charge is 2.26. The van der Waals surface area contributed by atoms with Gasteiger partial charge in [-0.15, -0.1) is 11.3 Å². The fraction of sp³-hybridized carbons (Fsp3) is 0.400. The summed E-state index contributed by atoms with van der Waals surface area (Å²) in [6.07, 6.45) is 2.65. The fourth-order valence-electron chi connectivity index (χ4n) is 2.15. The lowest BCUT2D eigenvalue weighted by Crippen LogP contribution is -2.17. The predicted molar refractivity (Wildman–Crippen MR) is 80.7 cm³/mol. The van der Waals surface area contributed by atoms with Gasteiger partial charge in [0, 0.05) is 29.4 Å². The molecule has 0 amide bonds. The molecule has 0 saturated heterocycles. The number of rotatable bonds is 5. The van der Waals surface area contributed by atoms with E-state index in [9.17, 15) is 0 Å². The minimum absolute atomic E-state index is 0.764. The smallest absolute Gasteiger partial charge is 0.0959 e. The first-order valence-electron chi connectivity index (χ1n) is 6.58. The summed E-state index contributed by atoms with van der Waals surface area (Å²) in [5.74, 6) is 0.764. The molecule has 1 aromatic carbocycles. The molecule has 1 saturated carbocycles. The number of aromatic nitrogens is 1. The number of hydrogen-bond acceptors (Lipinski definition) is 3. The summed E-state index contributed by atoms with van der Waals surface area (Å²) in [5, 5.41) is 4.32. The lowest BCUT2D eigenvalue weighted by Gasteiger charge is -2.15. The van der Waals surface area contributed by atoms with Crippen molar-refractivity contribution in [3.8, 4) is 0 Å². The van der Waals surface area contributed by atoms with Gasteiger partial charge in [0.25, 0.3) is 0 Å². The molecule has 0 unspecified atom stereocenters. The van der Waals surface area contributed by atoms with Crippen molar-refractivity contribution in [1.82, 2.24) is 9.88 Å². The van der Waals surface area contributed by atoms with Crippen LogP contribution < -0.4 is 0 Å². The summed E-state index contributed by atoms with van der Waals surface area (Å²) < 4.78 is 0. The van der Waals surface area contributed by atoms with E-state index in [1.165, 1.54) is 29.1 Å². The van der Waals surface area contributed by atoms with Crippen LogP contribution in [0.1, 0.15) is 35.0 Å². The molecule has 19 heavy (non-hydrogen) atoms. The Balaban J connectivity index is 1.57. The zero-order chi connectivity index (χ0) is 13.2. The lowest BCUT2D eigenvalue weighted by atomic mass is 10.2. The van der Waals surface area contributed by atoms with E-state index in [-0.39, 0.29) is 0 Å². The largest absolute Gasteiger partial charge is 0.296 e. The Morgan fingerprint density at radius 3 is 2.68 bits per heavy atom. The number of hydrogen-bond donors (Lipinski definition) is 0. The average molecular weight is 293 g/mol. The fourth-order valence-corrected chi connectivity index (χ4v) is 3.26. The minimum Gasteiger partial charge on any atom is -0.296 e. The van der Waals surface area contributed by atoms with Crippen molar-refractivity contribution in [2.45, 2.75) is 31.8 Å². The topological polar surface area (TPSA) is 16.1 Å². The lowest BCUT2D eigenvalue weighted by molar-refractivity contribution is 0.315. The van der Waals surface area contributed by atoms with E-state index in [1.807, 2.05) is 23.5 Å². The summed E-state index contributed by atoms with van der Waals surface area (Å²) in [7, 11) is 2.13. The van der Waals surface area contributed by atoms with Crippen molar-refractivity contribution in [3.05, 3.63) is 50.9 Å². The second-order valence-corrected chi connectivity index (χ2v) is 6.58. The Morgan fingerprint density at radius 1 is 1.26 bits per heavy atom. The van der Waals surface area contributed by atoms with Crippen LogP contribution in [0.15, 0.2) is 29.6 Å². The Bertz CT molecular complexity index is 546. The molecule has 3 rings (SSSR count). The van der Waals surface area contributed by atoms with Gasteiger partial charge in [-0.3, -0.25) is 4.90 Å². The van der Waals surface area contributed by atoms with Gasteiger partial charge in [0.05, 0.1) is 10.7 Å². The Labute approximate surface area is 123 Å². The van der Waals surface area contributed by atoms with Crippen LogP contribution >= 0.6 is 22.9 Å². The molecule has 0 spiro atoms. The summed E-state index contributed by atoms with van der Waals surface area (Å²) in [6, 6.07) is 8.04. The van der Waals surface area contributed by atoms with E-state index in [1.54, 1.807) is 0 Å². The maximum Gasteiger partial charge on any atom is 0.0959 e. The maximum absolute atomic E-state index is 5.89. The molecule has 4 heteroatoms. The highest BCUT2D eigenvalue weighted by molar-refractivity contribution is 7.09. The first-order chi connectivity index (χ1) is 9.20. The van der Waals surface area contributed by atoms with Gasteiger partial charge in [-0.2, -0.15) is 0 Å². The van der Waals surface area contributed by atoms with Crippen molar-refractivity contribution < 1.29 is 0 Å². The molecule has 2 aromatic rings. The van der Waals surface area contributed by atoms with Crippen molar-refractivity contribution >= 4 is 22.9 Å². The molecule has 100 valence electrons. The van der Waals surface area contributed by atoms with Crippen LogP contribution in [-0.2, 0) is 13.1 Å². The molecule has 0 N–H and O–H groups in total. The van der Waals surface area contributed by atoms with Crippen molar-refractivity contribution in [3.63, 3.8) is 0 Å². The van der Waals surface area contributed by atoms with Gasteiger partial charge in [-0.1, -0.05) is 23.7 Å². The molecule has 1 aliphatic carbocycles. The molecule has 0 bridgehead atoms. The van der Waals surface area contributed by atoms with Crippen molar-refractivity contribution in [2.75, 3.05) is 7.05 Å². The zero-order valence-corrected chi connectivity index (χ0v) is 12.5. The van der Waals surface area contributed by atoms with Crippen LogP contribution in [0.5, 0.6) is 0 Å². The first-order valence-corrected chi connectivity index (χ1v) is 7.84. The third kappa shape index (κ3) is 3.56. The number of benzene rings is 1. The van der Waals surface area contributed by atoms with Crippen molar-refractivity contribution in [2.24, 2.45) is 0 Å². The molecular weight excluding hydrogens is 276 g/mol. The van der Waals surface area contributed by atoms with Crippen LogP contribution in [-0.4, -0.2) is 16.9 Å². The number of nitrogens with zero attached hydrogens (tertiary/aromatic N) is 2. The van der Waals surface area contributed by atoms with Gasteiger partial charge < -0.3 is 0 Å². The monoisotopic (exact) mass is 292 g/mol. The summed E-state index contributed by atoms with van der Waals surface area (Å²) in [6.45, 7) is 1.83. The summed E-state index contributed by atoms with van der Waals surface area (Å²) in [4.78, 5) is 7.01. The highest BCUT2D eigenvalue weighted by atomic mass is 35.5. The minimum atomic E-state index is 0.764. The van der Waals surface area contributed by atoms with E-state index < -0.39 is 0 Å². The molecule has 0 atom stereocenters. The standard InChI is InChI=1S/C15H17ClN2S/c1-18(8-11-2-6-13(16)7-3-11)9-14-10-19-15(17-14)12-4-5-12/h2-3,6-7,10,12H,4-5,8-9H2,1H3. The normalized spacial score (nSPS) is 15.1. The molecule has 1 heterocycles. The summed E-state index contributed by atoms with van der Waals surface area (Å²) in [5.41, 5.74) is 2.48. The van der Waals surface area contributed by atoms with Gasteiger partial charge in [-0.05, 0) is 37.6 Å². The molecular formula is C15H17ClN2S. The van der Waals surface area contributed by atoms with Gasteiger partial charge in [0.15, 0.2) is 0 Å². The second-order valence-electron chi connectivity index (χ2n) is 5.25. The Morgan fingerprint density at radius 2 is 2.00 bits per heavy atom. The summed E-state index contributed by atoms with van der Waals surface area (Å²) >= 11 is 7.71. The average Bonchev–Trinajstić information content (AvgIpc) is 3.14. The predicted octanol–water partition coefficient (Wildman–Crippen LogP) is 4.31. The van der Waals surface area contributed by atoms with Crippen LogP contribution in [0, 0.1) is 0 Å². The van der Waals surface area contributed by atoms with Gasteiger partial charge >= 0.3 is 0 Å². The zero-order valence-electron chi connectivity index (χ0n) is 11.0. The molecule has 2 nitrogen and oxygen atoms in total. The van der Waals surface area contributed by atoms with Crippen LogP contribution in [0.25, 0.3) is 0 Å². The van der Waals surface area contributed by atoms with Crippen LogP contribution in [0.2, 0.25) is 5.02 Å². The van der Waals surface area contributed by atoms with Crippen LogP contribution in [0.3, 0.4) is 0 Å². The van der Waals surface area contributed by atoms with Gasteiger partial charge in [0.1, 0.15) is 0 Å². The molecule has 0 aliphatic heterocycles. The maximum atomic E-state index is 5.89. The van der Waals surface area contributed by atoms with E-state index >= 15 is 0 Å². The third-order valence-corrected chi connectivity index (χ3v) is 4.60. The second kappa shape index (κ2) is 5.61. The quantitative estimate of drug-likeness (QED) is 0.816. The van der Waals surface area contributed by atoms with Gasteiger partial charge in [-0.25, -0.2) is 4.98 Å². The highest BCUT2D eigenvalue weighted by Crippen LogP contribution is 2.41.